The number of nitrogens with zero attached hydrogens (tertiary/aromatic N) is 1. The minimum absolute atomic E-state index is 0.00758. The summed E-state index contributed by atoms with van der Waals surface area (Å²) in [4.78, 5) is 14.0. The molecule has 1 amide bonds. The zero-order valence-electron chi connectivity index (χ0n) is 11.5. The fourth-order valence-electron chi connectivity index (χ4n) is 2.68. The van der Waals surface area contributed by atoms with Crippen molar-refractivity contribution in [1.82, 2.24) is 4.90 Å². The molecule has 19 heavy (non-hydrogen) atoms. The van der Waals surface area contributed by atoms with Gasteiger partial charge in [0.05, 0.1) is 5.56 Å². The summed E-state index contributed by atoms with van der Waals surface area (Å²) in [7, 11) is 1.77. The minimum Gasteiger partial charge on any atom is -0.508 e. The minimum atomic E-state index is -0.229. The van der Waals surface area contributed by atoms with E-state index in [4.69, 9.17) is 0 Å². The lowest BCUT2D eigenvalue weighted by molar-refractivity contribution is 0.0676. The molecule has 1 saturated carbocycles. The average molecular weight is 263 g/mol. The molecule has 4 nitrogen and oxygen atoms in total. The second-order valence-corrected chi connectivity index (χ2v) is 5.53. The van der Waals surface area contributed by atoms with Crippen LogP contribution in [0.3, 0.4) is 0 Å². The van der Waals surface area contributed by atoms with Crippen LogP contribution < -0.4 is 0 Å². The summed E-state index contributed by atoms with van der Waals surface area (Å²) in [6, 6.07) is 4.26. The van der Waals surface area contributed by atoms with Gasteiger partial charge in [0.1, 0.15) is 11.5 Å². The molecular formula is C15H21NO3. The Morgan fingerprint density at radius 3 is 2.47 bits per heavy atom. The molecule has 1 aromatic carbocycles. The molecule has 104 valence electrons. The van der Waals surface area contributed by atoms with E-state index >= 15 is 0 Å². The van der Waals surface area contributed by atoms with Crippen LogP contribution in [-0.2, 0) is 0 Å². The van der Waals surface area contributed by atoms with E-state index in [2.05, 4.69) is 6.92 Å². The number of phenols is 2. The number of phenolic OH excluding ortho intramolecular Hbond substituents is 2. The smallest absolute Gasteiger partial charge is 0.257 e. The van der Waals surface area contributed by atoms with Crippen molar-refractivity contribution in [1.29, 1.82) is 0 Å². The van der Waals surface area contributed by atoms with Gasteiger partial charge in [-0.05, 0) is 49.8 Å². The van der Waals surface area contributed by atoms with Gasteiger partial charge in [0, 0.05) is 13.1 Å². The molecule has 2 rings (SSSR count). The maximum atomic E-state index is 12.4. The summed E-state index contributed by atoms with van der Waals surface area (Å²) in [5.41, 5.74) is 0.168. The average Bonchev–Trinajstić information content (AvgIpc) is 2.41. The summed E-state index contributed by atoms with van der Waals surface area (Å²) in [6.07, 6.45) is 4.27. The van der Waals surface area contributed by atoms with E-state index in [9.17, 15) is 15.0 Å². The second kappa shape index (κ2) is 5.51. The van der Waals surface area contributed by atoms with Crippen LogP contribution in [0.15, 0.2) is 18.2 Å². The molecule has 0 aromatic heterocycles. The van der Waals surface area contributed by atoms with E-state index in [0.29, 0.717) is 0 Å². The lowest BCUT2D eigenvalue weighted by atomic mass is 9.86. The van der Waals surface area contributed by atoms with Crippen molar-refractivity contribution in [2.75, 3.05) is 7.05 Å². The highest BCUT2D eigenvalue weighted by Gasteiger charge is 2.26. The Balaban J connectivity index is 2.12. The highest BCUT2D eigenvalue weighted by Crippen LogP contribution is 2.29. The van der Waals surface area contributed by atoms with Gasteiger partial charge in [-0.3, -0.25) is 4.79 Å². The lowest BCUT2D eigenvalue weighted by Gasteiger charge is -2.33. The Hall–Kier alpha value is -1.71. The fourth-order valence-corrected chi connectivity index (χ4v) is 2.68. The first kappa shape index (κ1) is 13.7. The standard InChI is InChI=1S/C15H21NO3/c1-10-3-5-11(6-4-10)16(2)15(19)13-9-12(17)7-8-14(13)18/h7-11,17-18H,3-6H2,1-2H3. The summed E-state index contributed by atoms with van der Waals surface area (Å²) in [5, 5.41) is 19.2. The number of carbonyl (C=O) groups excluding carboxylic acids is 1. The zero-order valence-corrected chi connectivity index (χ0v) is 11.5. The summed E-state index contributed by atoms with van der Waals surface area (Å²) >= 11 is 0. The van der Waals surface area contributed by atoms with Gasteiger partial charge in [-0.25, -0.2) is 0 Å². The Labute approximate surface area is 113 Å². The normalized spacial score (nSPS) is 23.1. The first-order chi connectivity index (χ1) is 8.99. The highest BCUT2D eigenvalue weighted by molar-refractivity contribution is 5.97. The molecule has 0 spiro atoms. The molecule has 0 unspecified atom stereocenters. The van der Waals surface area contributed by atoms with Crippen molar-refractivity contribution in [3.05, 3.63) is 23.8 Å². The molecule has 1 aliphatic carbocycles. The first-order valence-corrected chi connectivity index (χ1v) is 6.78. The molecule has 0 aliphatic heterocycles. The van der Waals surface area contributed by atoms with E-state index in [1.54, 1.807) is 11.9 Å². The molecule has 4 heteroatoms. The molecule has 1 aromatic rings. The van der Waals surface area contributed by atoms with Crippen molar-refractivity contribution in [3.63, 3.8) is 0 Å². The van der Waals surface area contributed by atoms with Crippen LogP contribution in [0.4, 0.5) is 0 Å². The lowest BCUT2D eigenvalue weighted by Crippen LogP contribution is -2.39. The molecule has 0 saturated heterocycles. The van der Waals surface area contributed by atoms with Gasteiger partial charge in [-0.15, -0.1) is 0 Å². The van der Waals surface area contributed by atoms with Crippen LogP contribution in [0, 0.1) is 5.92 Å². The Bertz CT molecular complexity index is 464. The number of hydrogen-bond donors (Lipinski definition) is 2. The molecule has 1 fully saturated rings. The number of rotatable bonds is 2. The van der Waals surface area contributed by atoms with E-state index in [-0.39, 0.29) is 29.0 Å². The second-order valence-electron chi connectivity index (χ2n) is 5.53. The van der Waals surface area contributed by atoms with Crippen LogP contribution in [0.2, 0.25) is 0 Å². The van der Waals surface area contributed by atoms with Crippen LogP contribution in [-0.4, -0.2) is 34.1 Å². The van der Waals surface area contributed by atoms with Crippen LogP contribution >= 0.6 is 0 Å². The summed E-state index contributed by atoms with van der Waals surface area (Å²) in [5.74, 6) is 0.410. The van der Waals surface area contributed by atoms with Crippen LogP contribution in [0.1, 0.15) is 43.0 Å². The maximum absolute atomic E-state index is 12.4. The SMILES string of the molecule is CC1CCC(N(C)C(=O)c2cc(O)ccc2O)CC1. The van der Waals surface area contributed by atoms with Crippen molar-refractivity contribution >= 4 is 5.91 Å². The van der Waals surface area contributed by atoms with Crippen molar-refractivity contribution in [3.8, 4) is 11.5 Å². The number of carbonyl (C=O) groups is 1. The number of aromatic hydroxyl groups is 2. The summed E-state index contributed by atoms with van der Waals surface area (Å²) in [6.45, 7) is 2.24. The van der Waals surface area contributed by atoms with Gasteiger partial charge in [0.15, 0.2) is 0 Å². The topological polar surface area (TPSA) is 60.8 Å². The van der Waals surface area contributed by atoms with Crippen molar-refractivity contribution in [2.24, 2.45) is 5.92 Å². The van der Waals surface area contributed by atoms with Gasteiger partial charge < -0.3 is 15.1 Å². The first-order valence-electron chi connectivity index (χ1n) is 6.78. The van der Waals surface area contributed by atoms with Gasteiger partial charge in [0.25, 0.3) is 5.91 Å². The third-order valence-corrected chi connectivity index (χ3v) is 4.06. The number of hydrogen-bond acceptors (Lipinski definition) is 3. The van der Waals surface area contributed by atoms with Crippen molar-refractivity contribution < 1.29 is 15.0 Å². The Kier molecular flexibility index (Phi) is 3.98. The molecule has 0 bridgehead atoms. The predicted molar refractivity (Wildman–Crippen MR) is 73.3 cm³/mol. The zero-order chi connectivity index (χ0) is 14.0. The molecule has 0 atom stereocenters. The highest BCUT2D eigenvalue weighted by atomic mass is 16.3. The van der Waals surface area contributed by atoms with E-state index in [1.165, 1.54) is 18.2 Å². The molecule has 0 radical (unpaired) electrons. The summed E-state index contributed by atoms with van der Waals surface area (Å²) < 4.78 is 0. The third kappa shape index (κ3) is 3.00. The van der Waals surface area contributed by atoms with E-state index in [0.717, 1.165) is 31.6 Å². The Morgan fingerprint density at radius 2 is 1.84 bits per heavy atom. The number of benzene rings is 1. The molecule has 2 N–H and O–H groups in total. The maximum Gasteiger partial charge on any atom is 0.257 e. The van der Waals surface area contributed by atoms with Gasteiger partial charge >= 0.3 is 0 Å². The van der Waals surface area contributed by atoms with Gasteiger partial charge in [-0.1, -0.05) is 6.92 Å². The van der Waals surface area contributed by atoms with Gasteiger partial charge in [0.2, 0.25) is 0 Å². The molecule has 1 aliphatic rings. The molecular weight excluding hydrogens is 242 g/mol. The predicted octanol–water partition coefficient (Wildman–Crippen LogP) is 2.75. The quantitative estimate of drug-likeness (QED) is 0.806. The Morgan fingerprint density at radius 1 is 1.21 bits per heavy atom. The monoisotopic (exact) mass is 263 g/mol. The van der Waals surface area contributed by atoms with Crippen LogP contribution in [0.25, 0.3) is 0 Å². The third-order valence-electron chi connectivity index (χ3n) is 4.06. The fraction of sp³-hybridized carbons (Fsp3) is 0.533. The van der Waals surface area contributed by atoms with Crippen LogP contribution in [0.5, 0.6) is 11.5 Å². The number of amides is 1. The van der Waals surface area contributed by atoms with E-state index in [1.807, 2.05) is 0 Å². The molecule has 0 heterocycles. The van der Waals surface area contributed by atoms with Crippen molar-refractivity contribution in [2.45, 2.75) is 38.6 Å². The van der Waals surface area contributed by atoms with Gasteiger partial charge in [-0.2, -0.15) is 0 Å². The van der Waals surface area contributed by atoms with E-state index < -0.39 is 0 Å². The largest absolute Gasteiger partial charge is 0.508 e.